The predicted molar refractivity (Wildman–Crippen MR) is 56.8 cm³/mol. The third kappa shape index (κ3) is 3.60. The van der Waals surface area contributed by atoms with Gasteiger partial charge in [0.2, 0.25) is 0 Å². The summed E-state index contributed by atoms with van der Waals surface area (Å²) in [4.78, 5) is 0. The number of aliphatic hydroxyl groups excluding tert-OH is 1. The molecule has 1 atom stereocenters. The van der Waals surface area contributed by atoms with Crippen LogP contribution in [0.3, 0.4) is 0 Å². The first-order valence-electron chi connectivity index (χ1n) is 4.45. The van der Waals surface area contributed by atoms with E-state index in [4.69, 9.17) is 9.84 Å². The highest BCUT2D eigenvalue weighted by Crippen LogP contribution is 2.18. The van der Waals surface area contributed by atoms with Gasteiger partial charge in [0, 0.05) is 22.3 Å². The van der Waals surface area contributed by atoms with Gasteiger partial charge in [-0.25, -0.2) is 4.39 Å². The van der Waals surface area contributed by atoms with Crippen LogP contribution in [0.25, 0.3) is 0 Å². The summed E-state index contributed by atoms with van der Waals surface area (Å²) in [5.74, 6) is 0.178. The van der Waals surface area contributed by atoms with Crippen molar-refractivity contribution in [3.8, 4) is 5.75 Å². The van der Waals surface area contributed by atoms with Crippen molar-refractivity contribution in [2.75, 3.05) is 19.5 Å². The molecule has 1 aromatic carbocycles. The number of rotatable bonds is 5. The third-order valence-corrected chi connectivity index (χ3v) is 3.16. The molecule has 0 fully saturated rings. The molecule has 0 aromatic heterocycles. The summed E-state index contributed by atoms with van der Waals surface area (Å²) < 4.78 is 29.3. The normalized spacial score (nSPS) is 12.5. The zero-order valence-corrected chi connectivity index (χ0v) is 9.22. The van der Waals surface area contributed by atoms with Gasteiger partial charge in [0.25, 0.3) is 0 Å². The third-order valence-electron chi connectivity index (χ3n) is 1.86. The van der Waals surface area contributed by atoms with Crippen LogP contribution in [0.1, 0.15) is 5.56 Å². The monoisotopic (exact) mass is 232 g/mol. The predicted octanol–water partition coefficient (Wildman–Crippen LogP) is 1.08. The lowest BCUT2D eigenvalue weighted by Gasteiger charge is -2.04. The first-order valence-corrected chi connectivity index (χ1v) is 5.94. The van der Waals surface area contributed by atoms with Gasteiger partial charge < -0.3 is 9.84 Å². The Morgan fingerprint density at radius 3 is 2.80 bits per heavy atom. The number of benzene rings is 1. The maximum absolute atomic E-state index is 13.2. The second kappa shape index (κ2) is 5.82. The van der Waals surface area contributed by atoms with E-state index < -0.39 is 16.6 Å². The minimum Gasteiger partial charge on any atom is -0.494 e. The number of aliphatic hydroxyl groups is 1. The molecular weight excluding hydrogens is 219 g/mol. The van der Waals surface area contributed by atoms with Crippen molar-refractivity contribution >= 4 is 10.8 Å². The lowest BCUT2D eigenvalue weighted by molar-refractivity contribution is 0.321. The van der Waals surface area contributed by atoms with Crippen LogP contribution in [0.4, 0.5) is 4.39 Å². The number of halogens is 1. The van der Waals surface area contributed by atoms with Crippen LogP contribution < -0.4 is 4.74 Å². The minimum absolute atomic E-state index is 0.120. The van der Waals surface area contributed by atoms with Crippen LogP contribution in [-0.2, 0) is 16.6 Å². The zero-order valence-electron chi connectivity index (χ0n) is 8.40. The Balaban J connectivity index is 2.71. The SMILES string of the molecule is COc1ccc(CS(=O)CCO)cc1F. The van der Waals surface area contributed by atoms with Crippen molar-refractivity contribution in [3.63, 3.8) is 0 Å². The summed E-state index contributed by atoms with van der Waals surface area (Å²) in [5.41, 5.74) is 0.639. The van der Waals surface area contributed by atoms with Crippen molar-refractivity contribution in [1.29, 1.82) is 0 Å². The van der Waals surface area contributed by atoms with Gasteiger partial charge in [-0.15, -0.1) is 0 Å². The van der Waals surface area contributed by atoms with Crippen LogP contribution in [0.15, 0.2) is 18.2 Å². The van der Waals surface area contributed by atoms with Gasteiger partial charge in [-0.2, -0.15) is 0 Å². The number of hydrogen-bond donors (Lipinski definition) is 1. The molecule has 0 aliphatic carbocycles. The summed E-state index contributed by atoms with van der Waals surface area (Å²) in [6.07, 6.45) is 0. The molecule has 0 radical (unpaired) electrons. The van der Waals surface area contributed by atoms with Crippen LogP contribution in [0.5, 0.6) is 5.75 Å². The molecule has 0 heterocycles. The molecule has 1 rings (SSSR count). The summed E-state index contributed by atoms with van der Waals surface area (Å²) in [5, 5.41) is 8.56. The van der Waals surface area contributed by atoms with Gasteiger partial charge in [0.15, 0.2) is 11.6 Å². The van der Waals surface area contributed by atoms with Gasteiger partial charge in [-0.3, -0.25) is 4.21 Å². The first kappa shape index (κ1) is 12.1. The molecule has 0 saturated carbocycles. The Hall–Kier alpha value is -0.940. The molecule has 1 N–H and O–H groups in total. The van der Waals surface area contributed by atoms with E-state index in [-0.39, 0.29) is 23.9 Å². The van der Waals surface area contributed by atoms with Gasteiger partial charge in [-0.05, 0) is 17.7 Å². The van der Waals surface area contributed by atoms with E-state index in [1.807, 2.05) is 0 Å². The Labute approximate surface area is 90.3 Å². The highest BCUT2D eigenvalue weighted by atomic mass is 32.2. The average Bonchev–Trinajstić information content (AvgIpc) is 2.18. The van der Waals surface area contributed by atoms with Crippen molar-refractivity contribution < 1.29 is 18.4 Å². The molecule has 0 amide bonds. The highest BCUT2D eigenvalue weighted by Gasteiger charge is 2.06. The number of hydrogen-bond acceptors (Lipinski definition) is 3. The second-order valence-electron chi connectivity index (χ2n) is 2.98. The van der Waals surface area contributed by atoms with Crippen LogP contribution >= 0.6 is 0 Å². The van der Waals surface area contributed by atoms with Crippen LogP contribution in [0.2, 0.25) is 0 Å². The maximum Gasteiger partial charge on any atom is 0.165 e. The summed E-state index contributed by atoms with van der Waals surface area (Å²) in [7, 11) is 0.246. The molecule has 84 valence electrons. The molecule has 15 heavy (non-hydrogen) atoms. The fraction of sp³-hybridized carbons (Fsp3) is 0.400. The Bertz CT molecular complexity index is 355. The van der Waals surface area contributed by atoms with E-state index in [1.165, 1.54) is 19.2 Å². The van der Waals surface area contributed by atoms with Crippen molar-refractivity contribution in [2.24, 2.45) is 0 Å². The molecule has 0 bridgehead atoms. The standard InChI is InChI=1S/C10H13FO3S/c1-14-10-3-2-8(6-9(10)11)7-15(13)5-4-12/h2-3,6,12H,4-5,7H2,1H3. The topological polar surface area (TPSA) is 46.5 Å². The smallest absolute Gasteiger partial charge is 0.165 e. The summed E-state index contributed by atoms with van der Waals surface area (Å²) >= 11 is 0. The summed E-state index contributed by atoms with van der Waals surface area (Å²) in [6, 6.07) is 4.46. The first-order chi connectivity index (χ1) is 7.17. The molecule has 1 aromatic rings. The fourth-order valence-corrected chi connectivity index (χ4v) is 2.06. The molecule has 0 spiro atoms. The quantitative estimate of drug-likeness (QED) is 0.826. The van der Waals surface area contributed by atoms with E-state index in [0.717, 1.165) is 0 Å². The zero-order chi connectivity index (χ0) is 11.3. The molecular formula is C10H13FO3S. The van der Waals surface area contributed by atoms with Gasteiger partial charge in [-0.1, -0.05) is 6.07 Å². The molecule has 3 nitrogen and oxygen atoms in total. The van der Waals surface area contributed by atoms with Crippen LogP contribution in [-0.4, -0.2) is 28.8 Å². The van der Waals surface area contributed by atoms with E-state index in [1.54, 1.807) is 6.07 Å². The average molecular weight is 232 g/mol. The lowest BCUT2D eigenvalue weighted by Crippen LogP contribution is -2.04. The fourth-order valence-electron chi connectivity index (χ4n) is 1.16. The largest absolute Gasteiger partial charge is 0.494 e. The Morgan fingerprint density at radius 2 is 2.27 bits per heavy atom. The molecule has 5 heteroatoms. The Morgan fingerprint density at radius 1 is 1.53 bits per heavy atom. The summed E-state index contributed by atoms with van der Waals surface area (Å²) in [6.45, 7) is -0.120. The van der Waals surface area contributed by atoms with E-state index >= 15 is 0 Å². The molecule has 1 unspecified atom stereocenters. The number of ether oxygens (including phenoxy) is 1. The van der Waals surface area contributed by atoms with Crippen LogP contribution in [0, 0.1) is 5.82 Å². The van der Waals surface area contributed by atoms with Gasteiger partial charge in [0.1, 0.15) is 0 Å². The molecule has 0 saturated heterocycles. The highest BCUT2D eigenvalue weighted by molar-refractivity contribution is 7.84. The van der Waals surface area contributed by atoms with Crippen molar-refractivity contribution in [3.05, 3.63) is 29.6 Å². The molecule has 0 aliphatic rings. The van der Waals surface area contributed by atoms with Crippen molar-refractivity contribution in [2.45, 2.75) is 5.75 Å². The van der Waals surface area contributed by atoms with Gasteiger partial charge in [0.05, 0.1) is 13.7 Å². The van der Waals surface area contributed by atoms with E-state index in [2.05, 4.69) is 0 Å². The minimum atomic E-state index is -1.15. The maximum atomic E-state index is 13.2. The second-order valence-corrected chi connectivity index (χ2v) is 4.56. The Kier molecular flexibility index (Phi) is 4.71. The van der Waals surface area contributed by atoms with E-state index in [0.29, 0.717) is 5.56 Å². The van der Waals surface area contributed by atoms with Crippen molar-refractivity contribution in [1.82, 2.24) is 0 Å². The van der Waals surface area contributed by atoms with Gasteiger partial charge >= 0.3 is 0 Å². The lowest BCUT2D eigenvalue weighted by atomic mass is 10.2. The molecule has 0 aliphatic heterocycles. The van der Waals surface area contributed by atoms with E-state index in [9.17, 15) is 8.60 Å². The number of methoxy groups -OCH3 is 1.